The van der Waals surface area contributed by atoms with E-state index in [-0.39, 0.29) is 35.7 Å². The van der Waals surface area contributed by atoms with E-state index in [1.54, 1.807) is 19.1 Å². The molecule has 0 unspecified atom stereocenters. The fraction of sp³-hybridized carbons (Fsp3) is 0.556. The molecule has 1 heterocycles. The number of likely N-dealkylation sites (N-methyl/N-ethyl adjacent to an activating group) is 1. The summed E-state index contributed by atoms with van der Waals surface area (Å²) >= 11 is 0. The summed E-state index contributed by atoms with van der Waals surface area (Å²) < 4.78 is 5.76. The highest BCUT2D eigenvalue weighted by Gasteiger charge is 2.34. The Morgan fingerprint density at radius 2 is 2.04 bits per heavy atom. The molecule has 0 spiro atoms. The zero-order valence-corrected chi connectivity index (χ0v) is 15.0. The van der Waals surface area contributed by atoms with Gasteiger partial charge in [-0.15, -0.1) is 0 Å². The average molecular weight is 334 g/mol. The summed E-state index contributed by atoms with van der Waals surface area (Å²) in [6, 6.07) is 3.42. The molecule has 1 aromatic rings. The maximum absolute atomic E-state index is 12.7. The first-order chi connectivity index (χ1) is 11.1. The van der Waals surface area contributed by atoms with Gasteiger partial charge in [-0.05, 0) is 40.7 Å². The number of hydrogen-bond donors (Lipinski definition) is 2. The van der Waals surface area contributed by atoms with Crippen molar-refractivity contribution in [3.63, 3.8) is 0 Å². The number of ether oxygens (including phenoxy) is 1. The van der Waals surface area contributed by atoms with Gasteiger partial charge in [-0.25, -0.2) is 0 Å². The Balaban J connectivity index is 2.22. The number of fused-ring (bicyclic) bond motifs is 1. The Morgan fingerprint density at radius 1 is 1.38 bits per heavy atom. The van der Waals surface area contributed by atoms with Crippen molar-refractivity contribution in [3.05, 3.63) is 23.3 Å². The van der Waals surface area contributed by atoms with Crippen LogP contribution >= 0.6 is 0 Å². The maximum Gasteiger partial charge on any atom is 0.258 e. The Hall–Kier alpha value is -2.24. The van der Waals surface area contributed by atoms with Gasteiger partial charge in [0.05, 0.1) is 12.1 Å². The van der Waals surface area contributed by atoms with Crippen LogP contribution in [-0.2, 0) is 11.2 Å². The normalized spacial score (nSPS) is 14.9. The number of benzene rings is 1. The molecule has 0 radical (unpaired) electrons. The number of carbonyl (C=O) groups is 2. The number of hydrogen-bond acceptors (Lipinski definition) is 4. The van der Waals surface area contributed by atoms with E-state index in [4.69, 9.17) is 4.74 Å². The maximum atomic E-state index is 12.7. The first kappa shape index (κ1) is 18.1. The van der Waals surface area contributed by atoms with E-state index in [0.717, 1.165) is 5.56 Å². The van der Waals surface area contributed by atoms with Crippen LogP contribution in [0, 0.1) is 0 Å². The second kappa shape index (κ2) is 6.71. The SMILES string of the molecule is CCN(CC(=O)NC(C)C)C(=O)c1ccc2c(c1O)OC(C)(C)C2. The van der Waals surface area contributed by atoms with Crippen LogP contribution in [0.25, 0.3) is 0 Å². The minimum Gasteiger partial charge on any atom is -0.504 e. The highest BCUT2D eigenvalue weighted by molar-refractivity contribution is 5.99. The van der Waals surface area contributed by atoms with Gasteiger partial charge in [-0.3, -0.25) is 9.59 Å². The molecule has 1 aromatic carbocycles. The predicted molar refractivity (Wildman–Crippen MR) is 91.4 cm³/mol. The first-order valence-electron chi connectivity index (χ1n) is 8.27. The molecule has 0 aliphatic carbocycles. The van der Waals surface area contributed by atoms with Crippen molar-refractivity contribution in [3.8, 4) is 11.5 Å². The number of rotatable bonds is 5. The van der Waals surface area contributed by atoms with Gasteiger partial charge in [0.15, 0.2) is 11.5 Å². The van der Waals surface area contributed by atoms with E-state index in [0.29, 0.717) is 18.7 Å². The van der Waals surface area contributed by atoms with Gasteiger partial charge in [0.2, 0.25) is 5.91 Å². The second-order valence-corrected chi connectivity index (χ2v) is 7.03. The Kier molecular flexibility index (Phi) is 5.06. The lowest BCUT2D eigenvalue weighted by Crippen LogP contribution is -2.42. The van der Waals surface area contributed by atoms with E-state index in [1.807, 2.05) is 27.7 Å². The van der Waals surface area contributed by atoms with Crippen LogP contribution < -0.4 is 10.1 Å². The minimum atomic E-state index is -0.400. The molecule has 2 N–H and O–H groups in total. The van der Waals surface area contributed by atoms with Crippen LogP contribution in [0.15, 0.2) is 12.1 Å². The van der Waals surface area contributed by atoms with Crippen LogP contribution in [0.3, 0.4) is 0 Å². The summed E-state index contributed by atoms with van der Waals surface area (Å²) in [4.78, 5) is 26.0. The van der Waals surface area contributed by atoms with E-state index in [9.17, 15) is 14.7 Å². The Labute approximate surface area is 142 Å². The minimum absolute atomic E-state index is 0.00957. The molecule has 0 fully saturated rings. The van der Waals surface area contributed by atoms with Gasteiger partial charge in [-0.1, -0.05) is 6.07 Å². The van der Waals surface area contributed by atoms with Crippen molar-refractivity contribution in [2.24, 2.45) is 0 Å². The smallest absolute Gasteiger partial charge is 0.258 e. The van der Waals surface area contributed by atoms with Crippen molar-refractivity contribution >= 4 is 11.8 Å². The van der Waals surface area contributed by atoms with E-state index < -0.39 is 5.60 Å². The number of nitrogens with one attached hydrogen (secondary N) is 1. The summed E-state index contributed by atoms with van der Waals surface area (Å²) in [5.41, 5.74) is 0.642. The third-order valence-electron chi connectivity index (χ3n) is 3.89. The Morgan fingerprint density at radius 3 is 2.62 bits per heavy atom. The second-order valence-electron chi connectivity index (χ2n) is 7.03. The zero-order chi connectivity index (χ0) is 18.1. The van der Waals surface area contributed by atoms with Crippen molar-refractivity contribution in [2.75, 3.05) is 13.1 Å². The average Bonchev–Trinajstić information content (AvgIpc) is 2.79. The highest BCUT2D eigenvalue weighted by atomic mass is 16.5. The van der Waals surface area contributed by atoms with Crippen LogP contribution in [0.1, 0.15) is 50.5 Å². The van der Waals surface area contributed by atoms with E-state index in [1.165, 1.54) is 4.90 Å². The van der Waals surface area contributed by atoms with Crippen molar-refractivity contribution < 1.29 is 19.4 Å². The van der Waals surface area contributed by atoms with Crippen LogP contribution in [0.5, 0.6) is 11.5 Å². The number of nitrogens with zero attached hydrogens (tertiary/aromatic N) is 1. The number of aromatic hydroxyl groups is 1. The molecule has 1 aliphatic rings. The van der Waals surface area contributed by atoms with Gasteiger partial charge in [0, 0.05) is 24.6 Å². The monoisotopic (exact) mass is 334 g/mol. The number of amides is 2. The first-order valence-corrected chi connectivity index (χ1v) is 8.27. The predicted octanol–water partition coefficient (Wildman–Crippen LogP) is 2.09. The summed E-state index contributed by atoms with van der Waals surface area (Å²) in [6.07, 6.45) is 0.679. The summed E-state index contributed by atoms with van der Waals surface area (Å²) in [5.74, 6) is -0.387. The van der Waals surface area contributed by atoms with Crippen LogP contribution in [0.2, 0.25) is 0 Å². The topological polar surface area (TPSA) is 78.9 Å². The van der Waals surface area contributed by atoms with Crippen molar-refractivity contribution in [1.29, 1.82) is 0 Å². The fourth-order valence-corrected chi connectivity index (χ4v) is 2.85. The number of phenolic OH excluding ortho intramolecular Hbond substituents is 1. The zero-order valence-electron chi connectivity index (χ0n) is 15.0. The molecule has 24 heavy (non-hydrogen) atoms. The molecule has 0 bridgehead atoms. The van der Waals surface area contributed by atoms with Crippen LogP contribution in [0.4, 0.5) is 0 Å². The summed E-state index contributed by atoms with van der Waals surface area (Å²) in [7, 11) is 0. The molecule has 0 saturated heterocycles. The molecule has 0 atom stereocenters. The standard InChI is InChI=1S/C18H26N2O4/c1-6-20(10-14(21)19-11(2)3)17(23)13-8-7-12-9-18(4,5)24-16(12)15(13)22/h7-8,11,22H,6,9-10H2,1-5H3,(H,19,21). The molecule has 132 valence electrons. The molecular formula is C18H26N2O4. The lowest BCUT2D eigenvalue weighted by molar-refractivity contribution is -0.122. The van der Waals surface area contributed by atoms with E-state index >= 15 is 0 Å². The van der Waals surface area contributed by atoms with Gasteiger partial charge in [0.1, 0.15) is 5.60 Å². The lowest BCUT2D eigenvalue weighted by atomic mass is 10.00. The molecular weight excluding hydrogens is 308 g/mol. The third-order valence-corrected chi connectivity index (χ3v) is 3.89. The molecule has 1 aliphatic heterocycles. The molecule has 6 nitrogen and oxygen atoms in total. The Bertz CT molecular complexity index is 653. The summed E-state index contributed by atoms with van der Waals surface area (Å²) in [6.45, 7) is 9.71. The van der Waals surface area contributed by atoms with Gasteiger partial charge in [-0.2, -0.15) is 0 Å². The van der Waals surface area contributed by atoms with Gasteiger partial charge < -0.3 is 20.1 Å². The molecule has 0 saturated carbocycles. The molecule has 0 aromatic heterocycles. The highest BCUT2D eigenvalue weighted by Crippen LogP contribution is 2.43. The number of phenols is 1. The van der Waals surface area contributed by atoms with Gasteiger partial charge >= 0.3 is 0 Å². The van der Waals surface area contributed by atoms with Gasteiger partial charge in [0.25, 0.3) is 5.91 Å². The third kappa shape index (κ3) is 3.80. The quantitative estimate of drug-likeness (QED) is 0.864. The molecule has 2 amide bonds. The molecule has 6 heteroatoms. The van der Waals surface area contributed by atoms with E-state index in [2.05, 4.69) is 5.32 Å². The fourth-order valence-electron chi connectivity index (χ4n) is 2.85. The molecule has 2 rings (SSSR count). The lowest BCUT2D eigenvalue weighted by Gasteiger charge is -2.22. The largest absolute Gasteiger partial charge is 0.504 e. The summed E-state index contributed by atoms with van der Waals surface area (Å²) in [5, 5.41) is 13.2. The van der Waals surface area contributed by atoms with Crippen molar-refractivity contribution in [2.45, 2.75) is 52.7 Å². The number of carbonyl (C=O) groups excluding carboxylic acids is 2. The van der Waals surface area contributed by atoms with Crippen LogP contribution in [-0.4, -0.2) is 46.6 Å². The van der Waals surface area contributed by atoms with Crippen molar-refractivity contribution in [1.82, 2.24) is 10.2 Å².